The topological polar surface area (TPSA) is 32.3 Å². The maximum atomic E-state index is 12.3. The molecular weight excluding hydrogens is 224 g/mol. The molecule has 2 aliphatic rings. The Kier molecular flexibility index (Phi) is 2.86. The quantitative estimate of drug-likeness (QED) is 0.821. The lowest BCUT2D eigenvalue weighted by atomic mass is 9.98. The molecule has 2 heterocycles. The number of hydrogen-bond donors (Lipinski definition) is 1. The number of aryl methyl sites for hydroxylation is 2. The third-order valence-corrected chi connectivity index (χ3v) is 4.15. The van der Waals surface area contributed by atoms with E-state index in [0.717, 1.165) is 25.1 Å². The maximum absolute atomic E-state index is 12.3. The Hall–Kier alpha value is -1.35. The van der Waals surface area contributed by atoms with Crippen LogP contribution >= 0.6 is 0 Å². The average Bonchev–Trinajstić information content (AvgIpc) is 2.66. The number of piperidine rings is 1. The van der Waals surface area contributed by atoms with Gasteiger partial charge in [-0.1, -0.05) is 17.7 Å². The van der Waals surface area contributed by atoms with Gasteiger partial charge in [0.15, 0.2) is 0 Å². The molecule has 3 heteroatoms. The monoisotopic (exact) mass is 244 g/mol. The molecule has 0 saturated carbocycles. The van der Waals surface area contributed by atoms with Crippen LogP contribution in [0.15, 0.2) is 18.2 Å². The van der Waals surface area contributed by atoms with Crippen LogP contribution in [0, 0.1) is 13.8 Å². The molecular formula is C15H20N2O. The molecule has 1 aromatic carbocycles. The van der Waals surface area contributed by atoms with Gasteiger partial charge in [-0.2, -0.15) is 0 Å². The zero-order valence-corrected chi connectivity index (χ0v) is 11.1. The van der Waals surface area contributed by atoms with Gasteiger partial charge in [0.25, 0.3) is 0 Å². The third-order valence-electron chi connectivity index (χ3n) is 4.15. The van der Waals surface area contributed by atoms with E-state index in [-0.39, 0.29) is 5.91 Å². The van der Waals surface area contributed by atoms with Crippen LogP contribution in [0.4, 0.5) is 5.69 Å². The van der Waals surface area contributed by atoms with E-state index in [1.807, 2.05) is 4.90 Å². The fourth-order valence-corrected chi connectivity index (χ4v) is 3.31. The van der Waals surface area contributed by atoms with Crippen molar-refractivity contribution < 1.29 is 4.79 Å². The van der Waals surface area contributed by atoms with E-state index in [2.05, 4.69) is 37.4 Å². The number of amides is 1. The summed E-state index contributed by atoms with van der Waals surface area (Å²) < 4.78 is 0. The standard InChI is InChI=1S/C15H20N2O/c1-10-5-6-13(11(2)8-10)17-14-4-3-7-16-12(14)9-15(17)18/h5-6,8,12,14,16H,3-4,7,9H2,1-2H3. The highest BCUT2D eigenvalue weighted by Crippen LogP contribution is 2.33. The Labute approximate surface area is 108 Å². The first-order chi connectivity index (χ1) is 8.66. The summed E-state index contributed by atoms with van der Waals surface area (Å²) in [4.78, 5) is 14.3. The van der Waals surface area contributed by atoms with Crippen molar-refractivity contribution in [2.45, 2.75) is 45.2 Å². The van der Waals surface area contributed by atoms with Crippen molar-refractivity contribution in [2.24, 2.45) is 0 Å². The zero-order chi connectivity index (χ0) is 12.7. The van der Waals surface area contributed by atoms with Crippen molar-refractivity contribution in [3.05, 3.63) is 29.3 Å². The molecule has 0 radical (unpaired) electrons. The lowest BCUT2D eigenvalue weighted by Gasteiger charge is -2.33. The number of carbonyl (C=O) groups is 1. The summed E-state index contributed by atoms with van der Waals surface area (Å²) in [5.74, 6) is 0.270. The van der Waals surface area contributed by atoms with Gasteiger partial charge in [0.1, 0.15) is 0 Å². The van der Waals surface area contributed by atoms with Crippen LogP contribution in [0.1, 0.15) is 30.4 Å². The smallest absolute Gasteiger partial charge is 0.228 e. The molecule has 2 saturated heterocycles. The molecule has 96 valence electrons. The molecule has 0 aromatic heterocycles. The summed E-state index contributed by atoms with van der Waals surface area (Å²) in [6.45, 7) is 5.24. The van der Waals surface area contributed by atoms with Crippen molar-refractivity contribution >= 4 is 11.6 Å². The van der Waals surface area contributed by atoms with Crippen LogP contribution in [0.25, 0.3) is 0 Å². The molecule has 3 rings (SSSR count). The summed E-state index contributed by atoms with van der Waals surface area (Å²) in [7, 11) is 0. The maximum Gasteiger partial charge on any atom is 0.228 e. The van der Waals surface area contributed by atoms with Crippen molar-refractivity contribution in [1.82, 2.24) is 5.32 Å². The molecule has 0 bridgehead atoms. The largest absolute Gasteiger partial charge is 0.311 e. The second-order valence-electron chi connectivity index (χ2n) is 5.53. The fraction of sp³-hybridized carbons (Fsp3) is 0.533. The predicted molar refractivity (Wildman–Crippen MR) is 72.8 cm³/mol. The Morgan fingerprint density at radius 2 is 2.17 bits per heavy atom. The number of benzene rings is 1. The minimum Gasteiger partial charge on any atom is -0.311 e. The van der Waals surface area contributed by atoms with Crippen molar-refractivity contribution in [3.8, 4) is 0 Å². The molecule has 0 spiro atoms. The molecule has 1 aromatic rings. The van der Waals surface area contributed by atoms with Crippen molar-refractivity contribution in [2.75, 3.05) is 11.4 Å². The summed E-state index contributed by atoms with van der Waals surface area (Å²) in [5.41, 5.74) is 3.55. The molecule has 1 N–H and O–H groups in total. The number of anilines is 1. The second-order valence-corrected chi connectivity index (χ2v) is 5.53. The number of nitrogens with zero attached hydrogens (tertiary/aromatic N) is 1. The van der Waals surface area contributed by atoms with E-state index in [1.54, 1.807) is 0 Å². The first-order valence-electron chi connectivity index (χ1n) is 6.79. The Bertz CT molecular complexity index is 483. The number of hydrogen-bond acceptors (Lipinski definition) is 2. The molecule has 2 aliphatic heterocycles. The normalized spacial score (nSPS) is 27.4. The molecule has 3 nitrogen and oxygen atoms in total. The van der Waals surface area contributed by atoms with Crippen LogP contribution in [0.3, 0.4) is 0 Å². The number of nitrogens with one attached hydrogen (secondary N) is 1. The summed E-state index contributed by atoms with van der Waals surface area (Å²) >= 11 is 0. The van der Waals surface area contributed by atoms with Crippen LogP contribution in [0.2, 0.25) is 0 Å². The van der Waals surface area contributed by atoms with Gasteiger partial charge in [-0.05, 0) is 44.9 Å². The van der Waals surface area contributed by atoms with Crippen LogP contribution < -0.4 is 10.2 Å². The van der Waals surface area contributed by atoms with Crippen LogP contribution in [-0.4, -0.2) is 24.5 Å². The highest BCUT2D eigenvalue weighted by Gasteiger charge is 2.41. The van der Waals surface area contributed by atoms with Crippen LogP contribution in [0.5, 0.6) is 0 Å². The SMILES string of the molecule is Cc1ccc(N2C(=O)CC3NCCCC32)c(C)c1. The minimum absolute atomic E-state index is 0.270. The van der Waals surface area contributed by atoms with E-state index in [1.165, 1.54) is 11.1 Å². The molecule has 18 heavy (non-hydrogen) atoms. The van der Waals surface area contributed by atoms with E-state index >= 15 is 0 Å². The fourth-order valence-electron chi connectivity index (χ4n) is 3.31. The number of fused-ring (bicyclic) bond motifs is 1. The highest BCUT2D eigenvalue weighted by molar-refractivity contribution is 5.98. The molecule has 1 amide bonds. The Morgan fingerprint density at radius 1 is 1.33 bits per heavy atom. The first-order valence-corrected chi connectivity index (χ1v) is 6.79. The lowest BCUT2D eigenvalue weighted by molar-refractivity contribution is -0.117. The van der Waals surface area contributed by atoms with Gasteiger partial charge in [-0.3, -0.25) is 4.79 Å². The molecule has 2 fully saturated rings. The zero-order valence-electron chi connectivity index (χ0n) is 11.1. The van der Waals surface area contributed by atoms with Gasteiger partial charge in [0, 0.05) is 18.2 Å². The van der Waals surface area contributed by atoms with Gasteiger partial charge < -0.3 is 10.2 Å². The Morgan fingerprint density at radius 3 is 2.94 bits per heavy atom. The second kappa shape index (κ2) is 4.39. The summed E-state index contributed by atoms with van der Waals surface area (Å²) in [5, 5.41) is 3.48. The Balaban J connectivity index is 1.97. The lowest BCUT2D eigenvalue weighted by Crippen LogP contribution is -2.47. The van der Waals surface area contributed by atoms with Gasteiger partial charge in [0.2, 0.25) is 5.91 Å². The predicted octanol–water partition coefficient (Wildman–Crippen LogP) is 2.16. The van der Waals surface area contributed by atoms with Crippen LogP contribution in [-0.2, 0) is 4.79 Å². The van der Waals surface area contributed by atoms with Crippen molar-refractivity contribution in [1.29, 1.82) is 0 Å². The van der Waals surface area contributed by atoms with E-state index < -0.39 is 0 Å². The van der Waals surface area contributed by atoms with E-state index in [0.29, 0.717) is 18.5 Å². The van der Waals surface area contributed by atoms with Gasteiger partial charge in [-0.25, -0.2) is 0 Å². The van der Waals surface area contributed by atoms with Crippen molar-refractivity contribution in [3.63, 3.8) is 0 Å². The third kappa shape index (κ3) is 1.83. The summed E-state index contributed by atoms with van der Waals surface area (Å²) in [6.07, 6.45) is 2.94. The minimum atomic E-state index is 0.270. The van der Waals surface area contributed by atoms with Gasteiger partial charge in [0.05, 0.1) is 6.04 Å². The van der Waals surface area contributed by atoms with E-state index in [4.69, 9.17) is 0 Å². The van der Waals surface area contributed by atoms with E-state index in [9.17, 15) is 4.79 Å². The molecule has 0 aliphatic carbocycles. The van der Waals surface area contributed by atoms with Gasteiger partial charge >= 0.3 is 0 Å². The van der Waals surface area contributed by atoms with Gasteiger partial charge in [-0.15, -0.1) is 0 Å². The first kappa shape index (κ1) is 11.7. The highest BCUT2D eigenvalue weighted by atomic mass is 16.2. The molecule has 2 unspecified atom stereocenters. The summed E-state index contributed by atoms with van der Waals surface area (Å²) in [6, 6.07) is 7.06. The molecule has 2 atom stereocenters. The average molecular weight is 244 g/mol. The number of carbonyl (C=O) groups excluding carboxylic acids is 1. The number of rotatable bonds is 1.